The molecule has 2 aliphatic rings. The van der Waals surface area contributed by atoms with Crippen molar-refractivity contribution in [3.8, 4) is 5.69 Å². The van der Waals surface area contributed by atoms with E-state index in [9.17, 15) is 22.7 Å². The van der Waals surface area contributed by atoms with Crippen molar-refractivity contribution in [1.29, 1.82) is 0 Å². The van der Waals surface area contributed by atoms with Gasteiger partial charge in [0.25, 0.3) is 0 Å². The third-order valence-corrected chi connectivity index (χ3v) is 7.71. The predicted octanol–water partition coefficient (Wildman–Crippen LogP) is 5.64. The number of hydrogen-bond donors (Lipinski definition) is 1. The summed E-state index contributed by atoms with van der Waals surface area (Å²) in [7, 11) is 0. The van der Waals surface area contributed by atoms with Crippen molar-refractivity contribution >= 4 is 11.0 Å². The fourth-order valence-corrected chi connectivity index (χ4v) is 5.89. The Morgan fingerprint density at radius 1 is 1.19 bits per heavy atom. The van der Waals surface area contributed by atoms with Crippen LogP contribution in [0.5, 0.6) is 0 Å². The monoisotopic (exact) mass is 447 g/mol. The first-order valence-electron chi connectivity index (χ1n) is 11.1. The summed E-state index contributed by atoms with van der Waals surface area (Å²) in [5.74, 6) is -0.598. The zero-order chi connectivity index (χ0) is 22.7. The molecule has 0 spiro atoms. The lowest BCUT2D eigenvalue weighted by atomic mass is 9.57. The molecule has 0 amide bonds. The van der Waals surface area contributed by atoms with Gasteiger partial charge < -0.3 is 5.11 Å². The summed E-state index contributed by atoms with van der Waals surface area (Å²) in [5.41, 5.74) is 0.177. The summed E-state index contributed by atoms with van der Waals surface area (Å²) in [4.78, 5) is 4.93. The highest BCUT2D eigenvalue weighted by Gasteiger charge is 2.60. The fraction of sp³-hybridized carbons (Fsp3) is 0.500. The van der Waals surface area contributed by atoms with Gasteiger partial charge in [0.2, 0.25) is 0 Å². The maximum atomic E-state index is 13.6. The number of benzene rings is 1. The van der Waals surface area contributed by atoms with E-state index in [1.165, 1.54) is 12.1 Å². The normalized spacial score (nSPS) is 28.2. The minimum Gasteiger partial charge on any atom is -0.380 e. The maximum absolute atomic E-state index is 13.6. The van der Waals surface area contributed by atoms with Crippen LogP contribution < -0.4 is 0 Å². The lowest BCUT2D eigenvalue weighted by Gasteiger charge is -2.50. The van der Waals surface area contributed by atoms with Crippen LogP contribution in [0, 0.1) is 11.7 Å². The summed E-state index contributed by atoms with van der Waals surface area (Å²) in [6, 6.07) is 8.04. The van der Waals surface area contributed by atoms with Gasteiger partial charge >= 0.3 is 6.18 Å². The quantitative estimate of drug-likeness (QED) is 0.518. The summed E-state index contributed by atoms with van der Waals surface area (Å²) in [6.07, 6.45) is -0.509. The molecule has 8 heteroatoms. The first kappa shape index (κ1) is 21.4. The number of nitrogens with zero attached hydrogens (tertiary/aromatic N) is 3. The van der Waals surface area contributed by atoms with E-state index in [0.29, 0.717) is 30.6 Å². The number of alkyl halides is 3. The molecule has 2 heterocycles. The molecule has 4 nitrogen and oxygen atoms in total. The summed E-state index contributed by atoms with van der Waals surface area (Å²) < 4.78 is 55.8. The van der Waals surface area contributed by atoms with Crippen molar-refractivity contribution < 1.29 is 22.7 Å². The van der Waals surface area contributed by atoms with Gasteiger partial charge in [-0.15, -0.1) is 0 Å². The van der Waals surface area contributed by atoms with E-state index in [1.54, 1.807) is 23.0 Å². The topological polar surface area (TPSA) is 50.9 Å². The second kappa shape index (κ2) is 7.27. The SMILES string of the molecule is CC[C@@]12CC[C@](O)(C(F)(F)F)C[C@H]1CCCc1nc3c(cnn3-c3ccc(F)cc3)cc12. The largest absolute Gasteiger partial charge is 0.417 e. The zero-order valence-corrected chi connectivity index (χ0v) is 17.8. The van der Waals surface area contributed by atoms with Crippen molar-refractivity contribution in [2.45, 2.75) is 69.1 Å². The Hall–Kier alpha value is -2.48. The average molecular weight is 447 g/mol. The lowest BCUT2D eigenvalue weighted by Crippen LogP contribution is -2.54. The number of pyridine rings is 1. The molecule has 32 heavy (non-hydrogen) atoms. The van der Waals surface area contributed by atoms with Crippen molar-refractivity contribution in [1.82, 2.24) is 14.8 Å². The van der Waals surface area contributed by atoms with Crippen molar-refractivity contribution in [2.24, 2.45) is 5.92 Å². The Labute approximate surface area is 183 Å². The Bertz CT molecular complexity index is 1160. The molecule has 0 bridgehead atoms. The first-order valence-corrected chi connectivity index (χ1v) is 11.1. The second-order valence-electron chi connectivity index (χ2n) is 9.26. The molecule has 0 aliphatic heterocycles. The minimum atomic E-state index is -4.62. The van der Waals surface area contributed by atoms with Gasteiger partial charge in [-0.05, 0) is 92.2 Å². The molecule has 3 aromatic rings. The summed E-state index contributed by atoms with van der Waals surface area (Å²) in [6.45, 7) is 2.02. The number of fused-ring (bicyclic) bond motifs is 4. The molecular formula is C24H25F4N3O. The molecule has 2 aliphatic carbocycles. The molecule has 5 rings (SSSR count). The van der Waals surface area contributed by atoms with Crippen LogP contribution in [0.3, 0.4) is 0 Å². The van der Waals surface area contributed by atoms with Gasteiger partial charge in [-0.2, -0.15) is 18.3 Å². The Morgan fingerprint density at radius 3 is 2.62 bits per heavy atom. The van der Waals surface area contributed by atoms with E-state index in [4.69, 9.17) is 4.98 Å². The van der Waals surface area contributed by atoms with Gasteiger partial charge in [0, 0.05) is 11.1 Å². The van der Waals surface area contributed by atoms with Crippen LogP contribution in [0.4, 0.5) is 17.6 Å². The summed E-state index contributed by atoms with van der Waals surface area (Å²) in [5, 5.41) is 15.7. The van der Waals surface area contributed by atoms with E-state index >= 15 is 0 Å². The standard InChI is InChI=1S/C24H25F4N3O/c1-2-22-10-11-23(32,24(26,27)28)13-16(22)4-3-5-20-19(22)12-15-14-29-31(21(15)30-20)18-8-6-17(25)7-9-18/h6-9,12,14,16,32H,2-5,10-11,13H2,1H3/t16-,22-,23-/m1/s1. The van der Waals surface area contributed by atoms with E-state index in [0.717, 1.165) is 23.1 Å². The van der Waals surface area contributed by atoms with E-state index in [-0.39, 0.29) is 31.0 Å². The smallest absolute Gasteiger partial charge is 0.380 e. The molecule has 0 radical (unpaired) electrons. The van der Waals surface area contributed by atoms with Gasteiger partial charge in [0.15, 0.2) is 11.2 Å². The van der Waals surface area contributed by atoms with Crippen LogP contribution in [0.2, 0.25) is 0 Å². The highest BCUT2D eigenvalue weighted by atomic mass is 19.4. The number of aliphatic hydroxyl groups is 1. The van der Waals surface area contributed by atoms with E-state index < -0.39 is 17.2 Å². The predicted molar refractivity (Wildman–Crippen MR) is 112 cm³/mol. The van der Waals surface area contributed by atoms with Crippen LogP contribution in [0.1, 0.15) is 56.7 Å². The van der Waals surface area contributed by atoms with Gasteiger partial charge in [-0.25, -0.2) is 14.1 Å². The third-order valence-electron chi connectivity index (χ3n) is 7.71. The number of halogens is 4. The van der Waals surface area contributed by atoms with Gasteiger partial charge in [0.1, 0.15) is 5.82 Å². The number of aromatic nitrogens is 3. The Morgan fingerprint density at radius 2 is 1.94 bits per heavy atom. The number of rotatable bonds is 2. The highest BCUT2D eigenvalue weighted by molar-refractivity contribution is 5.78. The second-order valence-corrected chi connectivity index (χ2v) is 9.26. The molecule has 3 atom stereocenters. The third kappa shape index (κ3) is 3.14. The van der Waals surface area contributed by atoms with Crippen LogP contribution in [-0.2, 0) is 11.8 Å². The summed E-state index contributed by atoms with van der Waals surface area (Å²) >= 11 is 0. The molecule has 1 N–H and O–H groups in total. The highest BCUT2D eigenvalue weighted by Crippen LogP contribution is 2.56. The van der Waals surface area contributed by atoms with Crippen LogP contribution >= 0.6 is 0 Å². The van der Waals surface area contributed by atoms with Crippen LogP contribution in [0.25, 0.3) is 16.7 Å². The molecule has 1 fully saturated rings. The van der Waals surface area contributed by atoms with Crippen LogP contribution in [-0.4, -0.2) is 31.6 Å². The molecular weight excluding hydrogens is 422 g/mol. The molecule has 2 aromatic heterocycles. The zero-order valence-electron chi connectivity index (χ0n) is 17.8. The average Bonchev–Trinajstić information content (AvgIpc) is 3.09. The van der Waals surface area contributed by atoms with Gasteiger partial charge in [-0.3, -0.25) is 0 Å². The number of hydrogen-bond acceptors (Lipinski definition) is 3. The maximum Gasteiger partial charge on any atom is 0.417 e. The van der Waals surface area contributed by atoms with Gasteiger partial charge in [-0.1, -0.05) is 6.92 Å². The number of aryl methyl sites for hydroxylation is 1. The van der Waals surface area contributed by atoms with Crippen molar-refractivity contribution in [2.75, 3.05) is 0 Å². The molecule has 1 aromatic carbocycles. The van der Waals surface area contributed by atoms with Crippen molar-refractivity contribution in [3.05, 3.63) is 53.6 Å². The van der Waals surface area contributed by atoms with Crippen molar-refractivity contribution in [3.63, 3.8) is 0 Å². The lowest BCUT2D eigenvalue weighted by molar-refractivity contribution is -0.279. The Balaban J connectivity index is 1.61. The molecule has 1 saturated carbocycles. The van der Waals surface area contributed by atoms with E-state index in [1.807, 2.05) is 13.0 Å². The fourth-order valence-electron chi connectivity index (χ4n) is 5.89. The van der Waals surface area contributed by atoms with E-state index in [2.05, 4.69) is 5.10 Å². The minimum absolute atomic E-state index is 0.263. The first-order chi connectivity index (χ1) is 15.2. The Kier molecular flexibility index (Phi) is 4.85. The molecule has 170 valence electrons. The van der Waals surface area contributed by atoms with Gasteiger partial charge in [0.05, 0.1) is 11.9 Å². The van der Waals surface area contributed by atoms with Crippen LogP contribution in [0.15, 0.2) is 36.5 Å². The molecule has 0 saturated heterocycles. The molecule has 0 unspecified atom stereocenters.